The van der Waals surface area contributed by atoms with Crippen LogP contribution in [0.15, 0.2) is 140 Å². The lowest BCUT2D eigenvalue weighted by molar-refractivity contribution is 1.07. The molecule has 0 amide bonds. The van der Waals surface area contributed by atoms with Crippen LogP contribution in [0.2, 0.25) is 0 Å². The second-order valence-corrected chi connectivity index (χ2v) is 10.0. The van der Waals surface area contributed by atoms with Gasteiger partial charge in [-0.3, -0.25) is 4.40 Å². The Morgan fingerprint density at radius 2 is 0.902 bits per heavy atom. The van der Waals surface area contributed by atoms with Gasteiger partial charge in [-0.05, 0) is 52.9 Å². The molecule has 192 valence electrons. The fourth-order valence-electron chi connectivity index (χ4n) is 5.39. The quantitative estimate of drug-likeness (QED) is 0.231. The number of aromatic nitrogens is 5. The van der Waals surface area contributed by atoms with Crippen molar-refractivity contribution in [3.8, 4) is 45.3 Å². The molecule has 0 bridgehead atoms. The number of imidazole rings is 1. The molecule has 3 aromatic heterocycles. The second kappa shape index (κ2) is 9.50. The average Bonchev–Trinajstić information content (AvgIpc) is 3.44. The molecule has 0 saturated heterocycles. The van der Waals surface area contributed by atoms with Crippen LogP contribution in [-0.2, 0) is 0 Å². The zero-order chi connectivity index (χ0) is 27.2. The van der Waals surface area contributed by atoms with E-state index in [1.165, 1.54) is 5.39 Å². The molecule has 5 heteroatoms. The molecule has 0 radical (unpaired) electrons. The van der Waals surface area contributed by atoms with Crippen molar-refractivity contribution in [2.24, 2.45) is 0 Å². The molecule has 41 heavy (non-hydrogen) atoms. The summed E-state index contributed by atoms with van der Waals surface area (Å²) < 4.78 is 2.23. The van der Waals surface area contributed by atoms with Crippen LogP contribution in [0.25, 0.3) is 72.9 Å². The summed E-state index contributed by atoms with van der Waals surface area (Å²) in [5.41, 5.74) is 9.36. The van der Waals surface area contributed by atoms with Gasteiger partial charge < -0.3 is 0 Å². The predicted octanol–water partition coefficient (Wildman–Crippen LogP) is 8.49. The highest BCUT2D eigenvalue weighted by molar-refractivity contribution is 5.92. The van der Waals surface area contributed by atoms with Crippen LogP contribution in [0.5, 0.6) is 0 Å². The van der Waals surface area contributed by atoms with Gasteiger partial charge >= 0.3 is 0 Å². The lowest BCUT2D eigenvalue weighted by Crippen LogP contribution is -2.00. The van der Waals surface area contributed by atoms with E-state index in [0.717, 1.165) is 50.0 Å². The van der Waals surface area contributed by atoms with E-state index in [2.05, 4.69) is 77.2 Å². The first-order valence-electron chi connectivity index (χ1n) is 13.6. The Labute approximate surface area is 236 Å². The van der Waals surface area contributed by atoms with E-state index >= 15 is 0 Å². The van der Waals surface area contributed by atoms with Crippen LogP contribution in [0.3, 0.4) is 0 Å². The zero-order valence-corrected chi connectivity index (χ0v) is 22.0. The molecule has 0 spiro atoms. The number of para-hydroxylation sites is 2. The summed E-state index contributed by atoms with van der Waals surface area (Å²) >= 11 is 0. The Hall–Kier alpha value is -5.68. The molecule has 5 aromatic carbocycles. The van der Waals surface area contributed by atoms with Crippen molar-refractivity contribution < 1.29 is 0 Å². The summed E-state index contributed by atoms with van der Waals surface area (Å²) in [4.78, 5) is 19.3. The molecule has 0 aliphatic rings. The number of fused-ring (bicyclic) bond motifs is 5. The van der Waals surface area contributed by atoms with Gasteiger partial charge in [0.15, 0.2) is 17.5 Å². The Bertz CT molecular complexity index is 2130. The number of hydrogen-bond acceptors (Lipinski definition) is 4. The van der Waals surface area contributed by atoms with Gasteiger partial charge in [-0.1, -0.05) is 103 Å². The number of benzene rings is 5. The predicted molar refractivity (Wildman–Crippen MR) is 165 cm³/mol. The third kappa shape index (κ3) is 4.12. The van der Waals surface area contributed by atoms with Crippen molar-refractivity contribution in [1.82, 2.24) is 24.3 Å². The molecule has 0 fully saturated rings. The number of hydrogen-bond donors (Lipinski definition) is 0. The molecule has 0 aliphatic heterocycles. The Balaban J connectivity index is 1.19. The van der Waals surface area contributed by atoms with Crippen molar-refractivity contribution in [2.75, 3.05) is 0 Å². The van der Waals surface area contributed by atoms with E-state index in [-0.39, 0.29) is 0 Å². The highest BCUT2D eigenvalue weighted by atomic mass is 15.0. The van der Waals surface area contributed by atoms with Crippen molar-refractivity contribution >= 4 is 27.6 Å². The molecule has 3 heterocycles. The van der Waals surface area contributed by atoms with Crippen molar-refractivity contribution in [3.63, 3.8) is 0 Å². The molecule has 0 atom stereocenters. The highest BCUT2D eigenvalue weighted by Crippen LogP contribution is 2.30. The van der Waals surface area contributed by atoms with Gasteiger partial charge in [-0.25, -0.2) is 19.9 Å². The van der Waals surface area contributed by atoms with Gasteiger partial charge in [-0.15, -0.1) is 0 Å². The molecule has 0 unspecified atom stereocenters. The van der Waals surface area contributed by atoms with Gasteiger partial charge in [0, 0.05) is 16.7 Å². The zero-order valence-electron chi connectivity index (χ0n) is 22.0. The van der Waals surface area contributed by atoms with Crippen LogP contribution in [0.4, 0.5) is 0 Å². The van der Waals surface area contributed by atoms with E-state index in [0.29, 0.717) is 17.5 Å². The maximum Gasteiger partial charge on any atom is 0.164 e. The molecule has 8 aromatic rings. The summed E-state index contributed by atoms with van der Waals surface area (Å²) in [6, 6.07) is 47.6. The minimum absolute atomic E-state index is 0.650. The minimum atomic E-state index is 0.650. The largest absolute Gasteiger partial charge is 0.292 e. The Morgan fingerprint density at radius 1 is 0.366 bits per heavy atom. The van der Waals surface area contributed by atoms with Gasteiger partial charge in [0.1, 0.15) is 5.65 Å². The van der Waals surface area contributed by atoms with Gasteiger partial charge in [0.05, 0.1) is 16.6 Å². The summed E-state index contributed by atoms with van der Waals surface area (Å²) in [5.74, 6) is 1.97. The van der Waals surface area contributed by atoms with E-state index in [9.17, 15) is 0 Å². The topological polar surface area (TPSA) is 56.0 Å². The summed E-state index contributed by atoms with van der Waals surface area (Å²) in [7, 11) is 0. The van der Waals surface area contributed by atoms with Gasteiger partial charge in [0.25, 0.3) is 0 Å². The van der Waals surface area contributed by atoms with Gasteiger partial charge in [0.2, 0.25) is 0 Å². The molecule has 5 nitrogen and oxygen atoms in total. The lowest BCUT2D eigenvalue weighted by atomic mass is 10.0. The first kappa shape index (κ1) is 23.2. The SMILES string of the molecule is c1ccc(-c2nc(-c3ccccc3)nc(-c3ccc(-c4ccc5c(ccc6nc7ccccc7n65)c4)cc3)n2)cc1. The third-order valence-electron chi connectivity index (χ3n) is 7.44. The maximum atomic E-state index is 4.86. The average molecular weight is 526 g/mol. The highest BCUT2D eigenvalue weighted by Gasteiger charge is 2.13. The fourth-order valence-corrected chi connectivity index (χ4v) is 5.39. The molecular weight excluding hydrogens is 502 g/mol. The smallest absolute Gasteiger partial charge is 0.164 e. The van der Waals surface area contributed by atoms with E-state index in [1.807, 2.05) is 66.7 Å². The van der Waals surface area contributed by atoms with Crippen molar-refractivity contribution in [2.45, 2.75) is 0 Å². The first-order valence-corrected chi connectivity index (χ1v) is 13.6. The van der Waals surface area contributed by atoms with Crippen LogP contribution in [0, 0.1) is 0 Å². The number of rotatable bonds is 4. The van der Waals surface area contributed by atoms with Crippen molar-refractivity contribution in [3.05, 3.63) is 140 Å². The number of nitrogens with zero attached hydrogens (tertiary/aromatic N) is 5. The molecule has 0 N–H and O–H groups in total. The molecule has 0 saturated carbocycles. The summed E-state index contributed by atoms with van der Waals surface area (Å²) in [6.45, 7) is 0. The fraction of sp³-hybridized carbons (Fsp3) is 0. The molecule has 8 rings (SSSR count). The second-order valence-electron chi connectivity index (χ2n) is 10.0. The monoisotopic (exact) mass is 525 g/mol. The Morgan fingerprint density at radius 3 is 1.56 bits per heavy atom. The molecule has 0 aliphatic carbocycles. The summed E-state index contributed by atoms with van der Waals surface area (Å²) in [5, 5.41) is 1.17. The standard InChI is InChI=1S/C36H23N5/c1-3-9-25(10-4-1)34-38-35(26-11-5-2-6-12-26)40-36(39-34)27-17-15-24(16-18-27)28-19-21-31-29(23-28)20-22-33-37-30-13-7-8-14-32(30)41(31)33/h1-23H. The summed E-state index contributed by atoms with van der Waals surface area (Å²) in [6.07, 6.45) is 0. The van der Waals surface area contributed by atoms with Gasteiger partial charge in [-0.2, -0.15) is 0 Å². The minimum Gasteiger partial charge on any atom is -0.292 e. The molecular formula is C36H23N5. The number of pyridine rings is 1. The van der Waals surface area contributed by atoms with E-state index in [1.54, 1.807) is 0 Å². The van der Waals surface area contributed by atoms with Crippen LogP contribution < -0.4 is 0 Å². The Kier molecular flexibility index (Phi) is 5.38. The van der Waals surface area contributed by atoms with E-state index in [4.69, 9.17) is 19.9 Å². The van der Waals surface area contributed by atoms with Crippen LogP contribution in [0.1, 0.15) is 0 Å². The maximum absolute atomic E-state index is 4.86. The lowest BCUT2D eigenvalue weighted by Gasteiger charge is -2.10. The van der Waals surface area contributed by atoms with Crippen LogP contribution >= 0.6 is 0 Å². The third-order valence-corrected chi connectivity index (χ3v) is 7.44. The first-order chi connectivity index (χ1) is 20.3. The normalized spacial score (nSPS) is 11.4. The van der Waals surface area contributed by atoms with Crippen molar-refractivity contribution in [1.29, 1.82) is 0 Å². The van der Waals surface area contributed by atoms with E-state index < -0.39 is 0 Å². The van der Waals surface area contributed by atoms with Crippen LogP contribution in [-0.4, -0.2) is 24.3 Å².